The van der Waals surface area contributed by atoms with E-state index < -0.39 is 0 Å². The smallest absolute Gasteiger partial charge is 0.323 e. The van der Waals surface area contributed by atoms with Gasteiger partial charge in [0.2, 0.25) is 0 Å². The number of aromatic nitrogens is 3. The summed E-state index contributed by atoms with van der Waals surface area (Å²) in [5.41, 5.74) is 3.54. The molecule has 0 fully saturated rings. The average molecular weight is 254 g/mol. The summed E-state index contributed by atoms with van der Waals surface area (Å²) in [6.45, 7) is 2.07. The third kappa shape index (κ3) is 2.35. The van der Waals surface area contributed by atoms with Gasteiger partial charge in [0.25, 0.3) is 0 Å². The highest BCUT2D eigenvalue weighted by Gasteiger charge is 2.07. The van der Waals surface area contributed by atoms with Crippen molar-refractivity contribution in [1.82, 2.24) is 15.0 Å². The molecule has 0 saturated heterocycles. The second-order valence-corrected chi connectivity index (χ2v) is 4.49. The Bertz CT molecular complexity index is 745. The van der Waals surface area contributed by atoms with Crippen LogP contribution in [0.5, 0.6) is 0 Å². The molecule has 0 amide bonds. The zero-order valence-corrected chi connectivity index (χ0v) is 10.5. The van der Waals surface area contributed by atoms with Crippen LogP contribution in [0.3, 0.4) is 0 Å². The number of anilines is 1. The van der Waals surface area contributed by atoms with Crippen LogP contribution in [0.15, 0.2) is 47.5 Å². The number of fused-ring (bicyclic) bond motifs is 1. The van der Waals surface area contributed by atoms with Crippen molar-refractivity contribution in [1.29, 1.82) is 0 Å². The van der Waals surface area contributed by atoms with Gasteiger partial charge in [-0.2, -0.15) is 0 Å². The molecule has 1 unspecified atom stereocenters. The van der Waals surface area contributed by atoms with E-state index >= 15 is 0 Å². The van der Waals surface area contributed by atoms with Gasteiger partial charge in [-0.15, -0.1) is 0 Å². The number of aromatic amines is 2. The lowest BCUT2D eigenvalue weighted by molar-refractivity contribution is 0.884. The molecular formula is C14H14N4O. The Hall–Kier alpha value is -2.56. The standard InChI is InChI=1S/C14H14N4O/c1-9(16-11-3-2-6-15-8-11)10-4-5-12-13(7-10)18-14(19)17-12/h2-9,16H,1H3,(H2,17,18,19). The Balaban J connectivity index is 1.88. The number of pyridine rings is 1. The van der Waals surface area contributed by atoms with Crippen LogP contribution in [-0.4, -0.2) is 15.0 Å². The summed E-state index contributed by atoms with van der Waals surface area (Å²) in [6.07, 6.45) is 3.53. The fourth-order valence-electron chi connectivity index (χ4n) is 2.10. The number of hydrogen-bond donors (Lipinski definition) is 3. The number of rotatable bonds is 3. The lowest BCUT2D eigenvalue weighted by atomic mass is 10.1. The van der Waals surface area contributed by atoms with Crippen molar-refractivity contribution in [3.63, 3.8) is 0 Å². The Morgan fingerprint density at radius 3 is 2.84 bits per heavy atom. The molecule has 5 heteroatoms. The lowest BCUT2D eigenvalue weighted by Gasteiger charge is -2.15. The molecule has 0 bridgehead atoms. The summed E-state index contributed by atoms with van der Waals surface area (Å²) in [5.74, 6) is 0. The molecule has 2 heterocycles. The van der Waals surface area contributed by atoms with E-state index in [4.69, 9.17) is 0 Å². The molecule has 0 saturated carbocycles. The van der Waals surface area contributed by atoms with E-state index in [9.17, 15) is 4.79 Å². The molecule has 19 heavy (non-hydrogen) atoms. The maximum atomic E-state index is 11.2. The second-order valence-electron chi connectivity index (χ2n) is 4.49. The summed E-state index contributed by atoms with van der Waals surface area (Å²) < 4.78 is 0. The van der Waals surface area contributed by atoms with Gasteiger partial charge in [0.05, 0.1) is 16.7 Å². The zero-order valence-electron chi connectivity index (χ0n) is 10.5. The third-order valence-corrected chi connectivity index (χ3v) is 3.08. The van der Waals surface area contributed by atoms with Gasteiger partial charge in [-0.1, -0.05) is 6.07 Å². The van der Waals surface area contributed by atoms with Crippen molar-refractivity contribution in [2.24, 2.45) is 0 Å². The molecule has 3 N–H and O–H groups in total. The molecule has 2 aromatic heterocycles. The van der Waals surface area contributed by atoms with Crippen LogP contribution < -0.4 is 11.0 Å². The van der Waals surface area contributed by atoms with Gasteiger partial charge in [0.15, 0.2) is 0 Å². The van der Waals surface area contributed by atoms with Gasteiger partial charge < -0.3 is 15.3 Å². The van der Waals surface area contributed by atoms with E-state index in [1.165, 1.54) is 0 Å². The predicted molar refractivity (Wildman–Crippen MR) is 75.2 cm³/mol. The normalized spacial score (nSPS) is 12.5. The molecule has 0 radical (unpaired) electrons. The zero-order chi connectivity index (χ0) is 13.2. The van der Waals surface area contributed by atoms with Crippen LogP contribution in [0, 0.1) is 0 Å². The highest BCUT2D eigenvalue weighted by atomic mass is 16.1. The summed E-state index contributed by atoms with van der Waals surface area (Å²) in [7, 11) is 0. The van der Waals surface area contributed by atoms with Crippen molar-refractivity contribution in [2.45, 2.75) is 13.0 Å². The molecule has 0 aliphatic rings. The number of nitrogens with one attached hydrogen (secondary N) is 3. The minimum Gasteiger partial charge on any atom is -0.377 e. The van der Waals surface area contributed by atoms with Crippen LogP contribution in [0.25, 0.3) is 11.0 Å². The van der Waals surface area contributed by atoms with Gasteiger partial charge in [-0.3, -0.25) is 4.98 Å². The van der Waals surface area contributed by atoms with E-state index in [1.54, 1.807) is 12.4 Å². The van der Waals surface area contributed by atoms with Crippen molar-refractivity contribution in [2.75, 3.05) is 5.32 Å². The van der Waals surface area contributed by atoms with Crippen LogP contribution in [-0.2, 0) is 0 Å². The molecule has 0 spiro atoms. The minimum absolute atomic E-state index is 0.131. The van der Waals surface area contributed by atoms with Crippen LogP contribution >= 0.6 is 0 Å². The van der Waals surface area contributed by atoms with Crippen molar-refractivity contribution >= 4 is 16.7 Å². The first-order chi connectivity index (χ1) is 9.22. The fraction of sp³-hybridized carbons (Fsp3) is 0.143. The van der Waals surface area contributed by atoms with Gasteiger partial charge in [0.1, 0.15) is 0 Å². The fourth-order valence-corrected chi connectivity index (χ4v) is 2.10. The van der Waals surface area contributed by atoms with E-state index in [1.807, 2.05) is 30.3 Å². The lowest BCUT2D eigenvalue weighted by Crippen LogP contribution is -2.06. The van der Waals surface area contributed by atoms with E-state index in [-0.39, 0.29) is 11.7 Å². The Morgan fingerprint density at radius 2 is 2.05 bits per heavy atom. The van der Waals surface area contributed by atoms with E-state index in [0.29, 0.717) is 0 Å². The topological polar surface area (TPSA) is 73.6 Å². The largest absolute Gasteiger partial charge is 0.377 e. The first-order valence-electron chi connectivity index (χ1n) is 6.11. The molecule has 96 valence electrons. The molecule has 1 aromatic carbocycles. The SMILES string of the molecule is CC(Nc1cccnc1)c1ccc2[nH]c(=O)[nH]c2c1. The van der Waals surface area contributed by atoms with Gasteiger partial charge in [-0.25, -0.2) is 4.79 Å². The molecule has 0 aliphatic heterocycles. The molecule has 5 nitrogen and oxygen atoms in total. The number of imidazole rings is 1. The van der Waals surface area contributed by atoms with Crippen molar-refractivity contribution in [3.8, 4) is 0 Å². The Morgan fingerprint density at radius 1 is 1.21 bits per heavy atom. The summed E-state index contributed by atoms with van der Waals surface area (Å²) in [4.78, 5) is 20.8. The van der Waals surface area contributed by atoms with Gasteiger partial charge in [0, 0.05) is 18.4 Å². The van der Waals surface area contributed by atoms with Gasteiger partial charge in [-0.05, 0) is 36.8 Å². The Kier molecular flexibility index (Phi) is 2.79. The molecule has 1 atom stereocenters. The number of hydrogen-bond acceptors (Lipinski definition) is 3. The number of H-pyrrole nitrogens is 2. The number of nitrogens with zero attached hydrogens (tertiary/aromatic N) is 1. The third-order valence-electron chi connectivity index (χ3n) is 3.08. The van der Waals surface area contributed by atoms with E-state index in [2.05, 4.69) is 27.2 Å². The summed E-state index contributed by atoms with van der Waals surface area (Å²) in [5, 5.41) is 3.36. The average Bonchev–Trinajstić information content (AvgIpc) is 2.78. The highest BCUT2D eigenvalue weighted by Crippen LogP contribution is 2.20. The van der Waals surface area contributed by atoms with Crippen LogP contribution in [0.1, 0.15) is 18.5 Å². The molecule has 0 aliphatic carbocycles. The molecular weight excluding hydrogens is 240 g/mol. The minimum atomic E-state index is -0.181. The Labute approximate surface area is 109 Å². The quantitative estimate of drug-likeness (QED) is 0.672. The summed E-state index contributed by atoms with van der Waals surface area (Å²) >= 11 is 0. The number of benzene rings is 1. The van der Waals surface area contributed by atoms with Crippen molar-refractivity contribution in [3.05, 3.63) is 58.8 Å². The van der Waals surface area contributed by atoms with Crippen molar-refractivity contribution < 1.29 is 0 Å². The van der Waals surface area contributed by atoms with Crippen LogP contribution in [0.4, 0.5) is 5.69 Å². The van der Waals surface area contributed by atoms with Gasteiger partial charge >= 0.3 is 5.69 Å². The second kappa shape index (κ2) is 4.61. The molecule has 3 rings (SSSR count). The first kappa shape index (κ1) is 11.5. The maximum absolute atomic E-state index is 11.2. The first-order valence-corrected chi connectivity index (χ1v) is 6.11. The van der Waals surface area contributed by atoms with Crippen LogP contribution in [0.2, 0.25) is 0 Å². The summed E-state index contributed by atoms with van der Waals surface area (Å²) in [6, 6.07) is 9.88. The molecule has 3 aromatic rings. The predicted octanol–water partition coefficient (Wildman–Crippen LogP) is 2.42. The maximum Gasteiger partial charge on any atom is 0.323 e. The van der Waals surface area contributed by atoms with E-state index in [0.717, 1.165) is 22.3 Å². The monoisotopic (exact) mass is 254 g/mol. The highest BCUT2D eigenvalue weighted by molar-refractivity contribution is 5.75.